The van der Waals surface area contributed by atoms with E-state index in [2.05, 4.69) is 52.0 Å². The minimum Gasteiger partial charge on any atom is -0.0784 e. The van der Waals surface area contributed by atoms with E-state index in [-0.39, 0.29) is 9.52 Å². The molecule has 0 saturated carbocycles. The Hall–Kier alpha value is -1.08. The number of benzene rings is 1. The molecule has 0 aromatic heterocycles. The van der Waals surface area contributed by atoms with Crippen molar-refractivity contribution in [2.24, 2.45) is 0 Å². The molecule has 0 atom stereocenters. The van der Waals surface area contributed by atoms with Gasteiger partial charge in [0.05, 0.1) is 9.52 Å². The maximum atomic E-state index is 2.49. The molecule has 108 valence electrons. The third-order valence-corrected chi connectivity index (χ3v) is 5.94. The summed E-state index contributed by atoms with van der Waals surface area (Å²) < 4.78 is 0. The molecule has 20 heavy (non-hydrogen) atoms. The van der Waals surface area contributed by atoms with Gasteiger partial charge in [-0.2, -0.15) is 0 Å². The van der Waals surface area contributed by atoms with Gasteiger partial charge in [0.1, 0.15) is 0 Å². The molecule has 0 bridgehead atoms. The van der Waals surface area contributed by atoms with Crippen LogP contribution in [0.1, 0.15) is 57.1 Å². The molecule has 1 aliphatic carbocycles. The van der Waals surface area contributed by atoms with Crippen LogP contribution in [-0.4, -0.2) is 9.52 Å². The first-order chi connectivity index (χ1) is 9.58. The van der Waals surface area contributed by atoms with Crippen LogP contribution in [0.25, 0.3) is 0 Å². The summed E-state index contributed by atoms with van der Waals surface area (Å²) in [6, 6.07) is 7.07. The molecule has 0 unspecified atom stereocenters. The molecule has 0 heterocycles. The molecule has 0 saturated heterocycles. The van der Waals surface area contributed by atoms with Crippen LogP contribution in [0.3, 0.4) is 0 Å². The highest BCUT2D eigenvalue weighted by Crippen LogP contribution is 2.28. The second kappa shape index (κ2) is 7.08. The molecule has 1 aromatic carbocycles. The fourth-order valence-corrected chi connectivity index (χ4v) is 5.50. The Morgan fingerprint density at radius 2 is 1.70 bits per heavy atom. The minimum absolute atomic E-state index is 0.250. The Bertz CT molecular complexity index is 514. The quantitative estimate of drug-likeness (QED) is 0.540. The van der Waals surface area contributed by atoms with Crippen molar-refractivity contribution in [1.82, 2.24) is 0 Å². The first-order valence-electron chi connectivity index (χ1n) is 8.03. The third kappa shape index (κ3) is 4.21. The highest BCUT2D eigenvalue weighted by atomic mass is 28.2. The summed E-state index contributed by atoms with van der Waals surface area (Å²) in [5.41, 5.74) is 6.11. The van der Waals surface area contributed by atoms with Crippen molar-refractivity contribution in [3.05, 3.63) is 51.7 Å². The van der Waals surface area contributed by atoms with E-state index in [1.54, 1.807) is 21.5 Å². The fraction of sp³-hybridized carbons (Fsp3) is 0.474. The van der Waals surface area contributed by atoms with E-state index in [1.165, 1.54) is 43.2 Å². The van der Waals surface area contributed by atoms with E-state index in [1.807, 2.05) is 0 Å². The molecule has 0 fully saturated rings. The van der Waals surface area contributed by atoms with Crippen molar-refractivity contribution < 1.29 is 0 Å². The van der Waals surface area contributed by atoms with E-state index in [9.17, 15) is 0 Å². The third-order valence-electron chi connectivity index (χ3n) is 4.21. The molecule has 0 amide bonds. The van der Waals surface area contributed by atoms with Crippen LogP contribution in [-0.2, 0) is 0 Å². The van der Waals surface area contributed by atoms with Gasteiger partial charge in [0.2, 0.25) is 0 Å². The Labute approximate surface area is 126 Å². The van der Waals surface area contributed by atoms with Crippen LogP contribution in [0.4, 0.5) is 0 Å². The van der Waals surface area contributed by atoms with Crippen LogP contribution in [0.5, 0.6) is 0 Å². The predicted octanol–water partition coefficient (Wildman–Crippen LogP) is 4.28. The van der Waals surface area contributed by atoms with Crippen molar-refractivity contribution in [2.45, 2.75) is 59.8 Å². The molecule has 0 N–H and O–H groups in total. The largest absolute Gasteiger partial charge is 0.0828 e. The monoisotopic (exact) mass is 284 g/mol. The average Bonchev–Trinajstić information content (AvgIpc) is 2.68. The standard InChI is InChI=1S/C19H28Si/c1-5-6-7-8-17-13-19(12-16(17)4)20-18-10-14(2)9-15(3)11-18/h9-12H,5-8,13,20H2,1-4H3. The van der Waals surface area contributed by atoms with Crippen molar-refractivity contribution in [2.75, 3.05) is 0 Å². The summed E-state index contributed by atoms with van der Waals surface area (Å²) in [5, 5.41) is 3.34. The number of unbranched alkanes of at least 4 members (excludes halogenated alkanes) is 2. The molecule has 1 heteroatoms. The molecule has 0 aliphatic heterocycles. The Morgan fingerprint density at radius 3 is 2.35 bits per heavy atom. The SMILES string of the molecule is CCCCCC1=C(C)C=C([SiH2]c2cc(C)cc(C)c2)C1. The van der Waals surface area contributed by atoms with E-state index in [4.69, 9.17) is 0 Å². The number of hydrogen-bond donors (Lipinski definition) is 0. The summed E-state index contributed by atoms with van der Waals surface area (Å²) in [6.07, 6.45) is 9.15. The van der Waals surface area contributed by atoms with Crippen LogP contribution >= 0.6 is 0 Å². The lowest BCUT2D eigenvalue weighted by atomic mass is 10.0. The van der Waals surface area contributed by atoms with Gasteiger partial charge in [0, 0.05) is 0 Å². The zero-order valence-corrected chi connectivity index (χ0v) is 15.0. The first kappa shape index (κ1) is 15.3. The van der Waals surface area contributed by atoms with Gasteiger partial charge in [-0.05, 0) is 40.0 Å². The zero-order valence-electron chi connectivity index (χ0n) is 13.6. The lowest BCUT2D eigenvalue weighted by molar-refractivity contribution is 0.706. The Kier molecular flexibility index (Phi) is 5.42. The Balaban J connectivity index is 1.95. The normalized spacial score (nSPS) is 15.5. The zero-order chi connectivity index (χ0) is 14.5. The summed E-state index contributed by atoms with van der Waals surface area (Å²) >= 11 is 0. The lowest BCUT2D eigenvalue weighted by Gasteiger charge is -2.07. The highest BCUT2D eigenvalue weighted by Gasteiger charge is 2.13. The molecule has 1 aliphatic rings. The van der Waals surface area contributed by atoms with Crippen LogP contribution in [0.15, 0.2) is 40.6 Å². The lowest BCUT2D eigenvalue weighted by Crippen LogP contribution is -2.17. The summed E-state index contributed by atoms with van der Waals surface area (Å²) in [4.78, 5) is 0. The maximum Gasteiger partial charge on any atom is 0.0828 e. The van der Waals surface area contributed by atoms with Gasteiger partial charge in [-0.15, -0.1) is 0 Å². The fourth-order valence-electron chi connectivity index (χ4n) is 3.29. The number of aryl methyl sites for hydroxylation is 2. The number of allylic oxidation sites excluding steroid dienone is 4. The van der Waals surface area contributed by atoms with E-state index >= 15 is 0 Å². The van der Waals surface area contributed by atoms with Crippen molar-refractivity contribution in [1.29, 1.82) is 0 Å². The van der Waals surface area contributed by atoms with Gasteiger partial charge < -0.3 is 0 Å². The van der Waals surface area contributed by atoms with Gasteiger partial charge in [-0.25, -0.2) is 0 Å². The molecule has 0 radical (unpaired) electrons. The molecule has 0 spiro atoms. The van der Waals surface area contributed by atoms with E-state index in [0.717, 1.165) is 0 Å². The van der Waals surface area contributed by atoms with Crippen molar-refractivity contribution in [3.63, 3.8) is 0 Å². The van der Waals surface area contributed by atoms with Gasteiger partial charge in [0.15, 0.2) is 0 Å². The van der Waals surface area contributed by atoms with Gasteiger partial charge in [-0.1, -0.05) is 76.7 Å². The molecule has 0 nitrogen and oxygen atoms in total. The summed E-state index contributed by atoms with van der Waals surface area (Å²) in [5.74, 6) is 0. The maximum absolute atomic E-state index is 2.49. The topological polar surface area (TPSA) is 0 Å². The predicted molar refractivity (Wildman–Crippen MR) is 93.6 cm³/mol. The minimum atomic E-state index is -0.250. The van der Waals surface area contributed by atoms with Crippen LogP contribution < -0.4 is 5.19 Å². The highest BCUT2D eigenvalue weighted by molar-refractivity contribution is 6.61. The van der Waals surface area contributed by atoms with Gasteiger partial charge in [-0.3, -0.25) is 0 Å². The Morgan fingerprint density at radius 1 is 1.00 bits per heavy atom. The van der Waals surface area contributed by atoms with E-state index < -0.39 is 0 Å². The molecular weight excluding hydrogens is 256 g/mol. The second-order valence-electron chi connectivity index (χ2n) is 6.40. The van der Waals surface area contributed by atoms with E-state index in [0.29, 0.717) is 0 Å². The van der Waals surface area contributed by atoms with Crippen molar-refractivity contribution in [3.8, 4) is 0 Å². The van der Waals surface area contributed by atoms with Crippen LogP contribution in [0.2, 0.25) is 0 Å². The number of hydrogen-bond acceptors (Lipinski definition) is 0. The molecule has 1 aromatic rings. The van der Waals surface area contributed by atoms with Gasteiger partial charge in [0.25, 0.3) is 0 Å². The second-order valence-corrected chi connectivity index (χ2v) is 8.47. The van der Waals surface area contributed by atoms with Gasteiger partial charge >= 0.3 is 0 Å². The van der Waals surface area contributed by atoms with Crippen LogP contribution in [0, 0.1) is 13.8 Å². The first-order valence-corrected chi connectivity index (χ1v) is 9.45. The summed E-state index contributed by atoms with van der Waals surface area (Å²) in [7, 11) is -0.250. The smallest absolute Gasteiger partial charge is 0.0784 e. The summed E-state index contributed by atoms with van der Waals surface area (Å²) in [6.45, 7) is 9.03. The average molecular weight is 285 g/mol. The van der Waals surface area contributed by atoms with Crippen molar-refractivity contribution >= 4 is 14.7 Å². The molecular formula is C19H28Si. The molecule has 2 rings (SSSR count). The number of rotatable bonds is 6.